The lowest BCUT2D eigenvalue weighted by Crippen LogP contribution is -2.25. The van der Waals surface area contributed by atoms with Gasteiger partial charge in [0.05, 0.1) is 23.0 Å². The molecule has 0 amide bonds. The molecule has 32 heavy (non-hydrogen) atoms. The number of aromatic nitrogens is 4. The topological polar surface area (TPSA) is 76.0 Å². The summed E-state index contributed by atoms with van der Waals surface area (Å²) in [4.78, 5) is 17.4. The molecule has 5 rings (SSSR count). The molecule has 2 aromatic heterocycles. The van der Waals surface area contributed by atoms with Crippen LogP contribution in [0.1, 0.15) is 12.8 Å². The number of fused-ring (bicyclic) bond motifs is 1. The fourth-order valence-corrected chi connectivity index (χ4v) is 3.90. The highest BCUT2D eigenvalue weighted by Gasteiger charge is 2.13. The molecule has 0 radical (unpaired) electrons. The van der Waals surface area contributed by atoms with E-state index < -0.39 is 17.2 Å². The minimum absolute atomic E-state index is 0.213. The Balaban J connectivity index is 1.32. The Bertz CT molecular complexity index is 1310. The van der Waals surface area contributed by atoms with Gasteiger partial charge >= 0.3 is 0 Å². The normalized spacial score (nSPS) is 14.3. The van der Waals surface area contributed by atoms with Gasteiger partial charge in [-0.1, -0.05) is 5.21 Å². The summed E-state index contributed by atoms with van der Waals surface area (Å²) in [6.45, 7) is 3.85. The highest BCUT2D eigenvalue weighted by Crippen LogP contribution is 2.22. The number of hydrogen-bond donors (Lipinski definition) is 1. The largest absolute Gasteiger partial charge is 0.492 e. The van der Waals surface area contributed by atoms with Crippen molar-refractivity contribution in [1.29, 1.82) is 0 Å². The van der Waals surface area contributed by atoms with Crippen LogP contribution < -0.4 is 10.3 Å². The van der Waals surface area contributed by atoms with Crippen molar-refractivity contribution in [3.63, 3.8) is 0 Å². The van der Waals surface area contributed by atoms with Crippen LogP contribution in [0.3, 0.4) is 0 Å². The van der Waals surface area contributed by atoms with Crippen LogP contribution in [0, 0.1) is 11.6 Å². The number of likely N-dealkylation sites (tertiary alicyclic amines) is 1. The first-order chi connectivity index (χ1) is 15.6. The third-order valence-corrected chi connectivity index (χ3v) is 5.63. The molecule has 1 saturated heterocycles. The first kappa shape index (κ1) is 20.3. The zero-order chi connectivity index (χ0) is 22.1. The quantitative estimate of drug-likeness (QED) is 0.500. The lowest BCUT2D eigenvalue weighted by molar-refractivity contribution is 0.238. The number of nitrogens with zero attached hydrogens (tertiary/aromatic N) is 4. The van der Waals surface area contributed by atoms with Crippen LogP contribution in [0.25, 0.3) is 27.8 Å². The molecule has 2 aromatic carbocycles. The van der Waals surface area contributed by atoms with E-state index in [4.69, 9.17) is 4.74 Å². The standard InChI is InChI=1S/C23H21F2N5O2/c24-19-12-15-11-18(23(31)26-21(15)13-20(19)25)22-14-30(28-27-22)16-3-5-17(6-4-16)32-10-9-29-7-1-2-8-29/h3-6,11-14H,1-2,7-10H2,(H,26,31). The predicted molar refractivity (Wildman–Crippen MR) is 116 cm³/mol. The van der Waals surface area contributed by atoms with Crippen LogP contribution in [-0.4, -0.2) is 51.1 Å². The number of nitrogens with one attached hydrogen (secondary N) is 1. The number of rotatable bonds is 6. The molecule has 1 aliphatic rings. The van der Waals surface area contributed by atoms with Gasteiger partial charge in [0.2, 0.25) is 0 Å². The van der Waals surface area contributed by atoms with E-state index in [0.29, 0.717) is 17.7 Å². The SMILES string of the molecule is O=c1[nH]c2cc(F)c(F)cc2cc1-c1cn(-c2ccc(OCCN3CCCC3)cc2)nn1. The van der Waals surface area contributed by atoms with Gasteiger partial charge in [0.15, 0.2) is 11.6 Å². The molecule has 1 fully saturated rings. The molecule has 7 nitrogen and oxygen atoms in total. The zero-order valence-electron chi connectivity index (χ0n) is 17.2. The predicted octanol–water partition coefficient (Wildman–Crippen LogP) is 3.53. The average molecular weight is 437 g/mol. The van der Waals surface area contributed by atoms with Gasteiger partial charge in [0.1, 0.15) is 18.1 Å². The van der Waals surface area contributed by atoms with Crippen molar-refractivity contribution in [3.05, 3.63) is 70.6 Å². The molecule has 1 N–H and O–H groups in total. The Kier molecular flexibility index (Phi) is 5.40. The smallest absolute Gasteiger partial charge is 0.258 e. The number of hydrogen-bond acceptors (Lipinski definition) is 5. The summed E-state index contributed by atoms with van der Waals surface area (Å²) >= 11 is 0. The first-order valence-electron chi connectivity index (χ1n) is 10.5. The van der Waals surface area contributed by atoms with Gasteiger partial charge in [0, 0.05) is 18.0 Å². The number of halogens is 2. The van der Waals surface area contributed by atoms with E-state index in [1.807, 2.05) is 24.3 Å². The van der Waals surface area contributed by atoms with Crippen molar-refractivity contribution in [3.8, 4) is 22.7 Å². The van der Waals surface area contributed by atoms with E-state index in [9.17, 15) is 13.6 Å². The second-order valence-electron chi connectivity index (χ2n) is 7.81. The van der Waals surface area contributed by atoms with E-state index in [0.717, 1.165) is 43.2 Å². The van der Waals surface area contributed by atoms with Crippen LogP contribution in [0.15, 0.2) is 53.5 Å². The molecule has 3 heterocycles. The van der Waals surface area contributed by atoms with E-state index in [2.05, 4.69) is 20.2 Å². The summed E-state index contributed by atoms with van der Waals surface area (Å²) in [5, 5.41) is 8.53. The third kappa shape index (κ3) is 4.11. The van der Waals surface area contributed by atoms with Crippen molar-refractivity contribution in [2.24, 2.45) is 0 Å². The summed E-state index contributed by atoms with van der Waals surface area (Å²) in [5.41, 5.74) is 1.05. The van der Waals surface area contributed by atoms with Gasteiger partial charge in [-0.3, -0.25) is 9.69 Å². The zero-order valence-corrected chi connectivity index (χ0v) is 17.2. The van der Waals surface area contributed by atoms with Crippen LogP contribution in [-0.2, 0) is 0 Å². The fourth-order valence-electron chi connectivity index (χ4n) is 3.90. The number of aromatic amines is 1. The Hall–Kier alpha value is -3.59. The van der Waals surface area contributed by atoms with Crippen LogP contribution in [0.2, 0.25) is 0 Å². The van der Waals surface area contributed by atoms with E-state index >= 15 is 0 Å². The molecular formula is C23H21F2N5O2. The molecule has 164 valence electrons. The summed E-state index contributed by atoms with van der Waals surface area (Å²) in [5.74, 6) is -1.23. The fraction of sp³-hybridized carbons (Fsp3) is 0.261. The second-order valence-corrected chi connectivity index (χ2v) is 7.81. The maximum atomic E-state index is 13.6. The minimum Gasteiger partial charge on any atom is -0.492 e. The maximum absolute atomic E-state index is 13.6. The van der Waals surface area contributed by atoms with Gasteiger partial charge in [-0.15, -0.1) is 5.10 Å². The minimum atomic E-state index is -1.02. The van der Waals surface area contributed by atoms with Crippen molar-refractivity contribution >= 4 is 10.9 Å². The Morgan fingerprint density at radius 2 is 1.78 bits per heavy atom. The summed E-state index contributed by atoms with van der Waals surface area (Å²) < 4.78 is 34.4. The van der Waals surface area contributed by atoms with Crippen molar-refractivity contribution in [2.75, 3.05) is 26.2 Å². The molecule has 0 spiro atoms. The molecular weight excluding hydrogens is 416 g/mol. The van der Waals surface area contributed by atoms with Gasteiger partial charge < -0.3 is 9.72 Å². The van der Waals surface area contributed by atoms with Gasteiger partial charge in [0.25, 0.3) is 5.56 Å². The van der Waals surface area contributed by atoms with Gasteiger partial charge in [-0.05, 0) is 62.3 Å². The third-order valence-electron chi connectivity index (χ3n) is 5.63. The summed E-state index contributed by atoms with van der Waals surface area (Å²) in [6.07, 6.45) is 4.13. The number of benzene rings is 2. The van der Waals surface area contributed by atoms with Crippen molar-refractivity contribution < 1.29 is 13.5 Å². The molecule has 0 atom stereocenters. The second kappa shape index (κ2) is 8.51. The van der Waals surface area contributed by atoms with Crippen molar-refractivity contribution in [1.82, 2.24) is 24.9 Å². The lowest BCUT2D eigenvalue weighted by Gasteiger charge is -2.15. The molecule has 1 aliphatic heterocycles. The van der Waals surface area contributed by atoms with E-state index in [-0.39, 0.29) is 11.1 Å². The van der Waals surface area contributed by atoms with E-state index in [1.54, 1.807) is 6.20 Å². The number of H-pyrrole nitrogens is 1. The van der Waals surface area contributed by atoms with Crippen LogP contribution in [0.5, 0.6) is 5.75 Å². The summed E-state index contributed by atoms with van der Waals surface area (Å²) in [6, 6.07) is 10.9. The Morgan fingerprint density at radius 3 is 2.56 bits per heavy atom. The first-order valence-corrected chi connectivity index (χ1v) is 10.5. The highest BCUT2D eigenvalue weighted by atomic mass is 19.2. The average Bonchev–Trinajstić information content (AvgIpc) is 3.48. The highest BCUT2D eigenvalue weighted by molar-refractivity contribution is 5.82. The molecule has 0 aliphatic carbocycles. The molecule has 4 aromatic rings. The number of ether oxygens (including phenoxy) is 1. The van der Waals surface area contributed by atoms with Gasteiger partial charge in [-0.2, -0.15) is 0 Å². The van der Waals surface area contributed by atoms with Crippen molar-refractivity contribution in [2.45, 2.75) is 12.8 Å². The number of pyridine rings is 1. The molecule has 9 heteroatoms. The Labute approximate surface area is 182 Å². The Morgan fingerprint density at radius 1 is 1.03 bits per heavy atom. The molecule has 0 bridgehead atoms. The summed E-state index contributed by atoms with van der Waals surface area (Å²) in [7, 11) is 0. The molecule has 0 unspecified atom stereocenters. The van der Waals surface area contributed by atoms with E-state index in [1.165, 1.54) is 23.6 Å². The molecule has 0 saturated carbocycles. The van der Waals surface area contributed by atoms with Gasteiger partial charge in [-0.25, -0.2) is 13.5 Å². The van der Waals surface area contributed by atoms with Crippen LogP contribution in [0.4, 0.5) is 8.78 Å². The monoisotopic (exact) mass is 437 g/mol. The van der Waals surface area contributed by atoms with Crippen LogP contribution >= 0.6 is 0 Å². The maximum Gasteiger partial charge on any atom is 0.258 e. The lowest BCUT2D eigenvalue weighted by atomic mass is 10.1.